The van der Waals surface area contributed by atoms with Crippen molar-refractivity contribution in [1.29, 1.82) is 5.26 Å². The minimum atomic E-state index is -0.938. The summed E-state index contributed by atoms with van der Waals surface area (Å²) in [5.41, 5.74) is 7.61. The third-order valence-electron chi connectivity index (χ3n) is 3.49. The molecule has 5 nitrogen and oxygen atoms in total. The zero-order valence-electron chi connectivity index (χ0n) is 12.5. The molecule has 0 radical (unpaired) electrons. The third kappa shape index (κ3) is 4.68. The van der Waals surface area contributed by atoms with Crippen molar-refractivity contribution >= 4 is 11.8 Å². The standard InChI is InChI=1S/C18H17N3O2/c19-11-14-8-6-13(7-9-14)10-16(17(20)22)18(23)21-12-15-4-2-1-3-5-15/h1-9,16H,10,12H2,(H2,20,22)(H,21,23). The van der Waals surface area contributed by atoms with Gasteiger partial charge in [0.25, 0.3) is 0 Å². The molecule has 0 spiro atoms. The monoisotopic (exact) mass is 307 g/mol. The Morgan fingerprint density at radius 1 is 1.04 bits per heavy atom. The van der Waals surface area contributed by atoms with Crippen LogP contribution in [-0.4, -0.2) is 11.8 Å². The Labute approximate surface area is 134 Å². The SMILES string of the molecule is N#Cc1ccc(CC(C(N)=O)C(=O)NCc2ccccc2)cc1. The molecule has 0 saturated carbocycles. The Bertz CT molecular complexity index is 718. The van der Waals surface area contributed by atoms with Gasteiger partial charge in [0.1, 0.15) is 5.92 Å². The Hall–Kier alpha value is -3.13. The number of nitriles is 1. The van der Waals surface area contributed by atoms with Crippen LogP contribution >= 0.6 is 0 Å². The summed E-state index contributed by atoms with van der Waals surface area (Å²) < 4.78 is 0. The lowest BCUT2D eigenvalue weighted by atomic mass is 9.97. The zero-order chi connectivity index (χ0) is 16.7. The van der Waals surface area contributed by atoms with Crippen LogP contribution in [0.3, 0.4) is 0 Å². The van der Waals surface area contributed by atoms with Crippen LogP contribution in [0.1, 0.15) is 16.7 Å². The lowest BCUT2D eigenvalue weighted by molar-refractivity contribution is -0.133. The number of rotatable bonds is 6. The summed E-state index contributed by atoms with van der Waals surface area (Å²) in [7, 11) is 0. The molecule has 0 fully saturated rings. The highest BCUT2D eigenvalue weighted by Gasteiger charge is 2.24. The Kier molecular flexibility index (Phi) is 5.48. The maximum absolute atomic E-state index is 12.2. The van der Waals surface area contributed by atoms with Gasteiger partial charge in [0.2, 0.25) is 11.8 Å². The average Bonchev–Trinajstić information content (AvgIpc) is 2.58. The average molecular weight is 307 g/mol. The first-order chi connectivity index (χ1) is 11.1. The highest BCUT2D eigenvalue weighted by atomic mass is 16.2. The summed E-state index contributed by atoms with van der Waals surface area (Å²) in [6, 6.07) is 18.2. The Balaban J connectivity index is 2.01. The van der Waals surface area contributed by atoms with Crippen LogP contribution in [0.2, 0.25) is 0 Å². The molecular weight excluding hydrogens is 290 g/mol. The van der Waals surface area contributed by atoms with E-state index in [9.17, 15) is 9.59 Å². The van der Waals surface area contributed by atoms with Crippen LogP contribution in [-0.2, 0) is 22.6 Å². The number of benzene rings is 2. The Morgan fingerprint density at radius 2 is 1.70 bits per heavy atom. The van der Waals surface area contributed by atoms with Crippen LogP contribution in [0.4, 0.5) is 0 Å². The molecule has 2 aromatic rings. The molecule has 3 N–H and O–H groups in total. The van der Waals surface area contributed by atoms with Crippen LogP contribution in [0, 0.1) is 17.2 Å². The maximum atomic E-state index is 12.2. The summed E-state index contributed by atoms with van der Waals surface area (Å²) in [5.74, 6) is -2.00. The van der Waals surface area contributed by atoms with E-state index in [-0.39, 0.29) is 6.42 Å². The fourth-order valence-electron chi connectivity index (χ4n) is 2.18. The van der Waals surface area contributed by atoms with E-state index in [0.29, 0.717) is 12.1 Å². The van der Waals surface area contributed by atoms with E-state index in [2.05, 4.69) is 5.32 Å². The van der Waals surface area contributed by atoms with Crippen LogP contribution < -0.4 is 11.1 Å². The van der Waals surface area contributed by atoms with E-state index >= 15 is 0 Å². The number of nitrogens with two attached hydrogens (primary N) is 1. The summed E-state index contributed by atoms with van der Waals surface area (Å²) in [6.45, 7) is 0.344. The van der Waals surface area contributed by atoms with Crippen LogP contribution in [0.15, 0.2) is 54.6 Å². The first kappa shape index (κ1) is 16.2. The number of primary amides is 1. The molecule has 1 atom stereocenters. The number of carbonyl (C=O) groups is 2. The number of nitrogens with zero attached hydrogens (tertiary/aromatic N) is 1. The molecule has 0 saturated heterocycles. The summed E-state index contributed by atoms with van der Waals surface area (Å²) in [6.07, 6.45) is 0.210. The molecule has 2 rings (SSSR count). The van der Waals surface area contributed by atoms with E-state index < -0.39 is 17.7 Å². The van der Waals surface area contributed by atoms with Crippen molar-refractivity contribution in [2.75, 3.05) is 0 Å². The molecule has 1 unspecified atom stereocenters. The van der Waals surface area contributed by atoms with E-state index in [0.717, 1.165) is 11.1 Å². The van der Waals surface area contributed by atoms with E-state index in [1.165, 1.54) is 0 Å². The molecule has 0 aromatic heterocycles. The van der Waals surface area contributed by atoms with Gasteiger partial charge in [-0.15, -0.1) is 0 Å². The number of carbonyl (C=O) groups excluding carboxylic acids is 2. The molecule has 0 aliphatic rings. The lowest BCUT2D eigenvalue weighted by Gasteiger charge is -2.14. The second-order valence-corrected chi connectivity index (χ2v) is 5.17. The zero-order valence-corrected chi connectivity index (χ0v) is 12.5. The van der Waals surface area contributed by atoms with Gasteiger partial charge in [-0.05, 0) is 29.7 Å². The summed E-state index contributed by atoms with van der Waals surface area (Å²) >= 11 is 0. The first-order valence-electron chi connectivity index (χ1n) is 7.20. The van der Waals surface area contributed by atoms with Crippen molar-refractivity contribution in [3.05, 3.63) is 71.3 Å². The molecular formula is C18H17N3O2. The topological polar surface area (TPSA) is 96.0 Å². The smallest absolute Gasteiger partial charge is 0.233 e. The molecule has 2 amide bonds. The number of amides is 2. The number of hydrogen-bond acceptors (Lipinski definition) is 3. The van der Waals surface area contributed by atoms with Gasteiger partial charge < -0.3 is 11.1 Å². The first-order valence-corrected chi connectivity index (χ1v) is 7.20. The van der Waals surface area contributed by atoms with Crippen molar-refractivity contribution < 1.29 is 9.59 Å². The van der Waals surface area contributed by atoms with Crippen molar-refractivity contribution in [3.8, 4) is 6.07 Å². The molecule has 0 bridgehead atoms. The largest absolute Gasteiger partial charge is 0.369 e. The van der Waals surface area contributed by atoms with Crippen LogP contribution in [0.25, 0.3) is 0 Å². The normalized spacial score (nSPS) is 11.3. The molecule has 0 aliphatic heterocycles. The predicted octanol–water partition coefficient (Wildman–Crippen LogP) is 1.52. The fourth-order valence-corrected chi connectivity index (χ4v) is 2.18. The second-order valence-electron chi connectivity index (χ2n) is 5.17. The van der Waals surface area contributed by atoms with Gasteiger partial charge in [-0.25, -0.2) is 0 Å². The van der Waals surface area contributed by atoms with E-state index in [1.807, 2.05) is 36.4 Å². The van der Waals surface area contributed by atoms with Gasteiger partial charge in [-0.1, -0.05) is 42.5 Å². The third-order valence-corrected chi connectivity index (χ3v) is 3.49. The van der Waals surface area contributed by atoms with Crippen molar-refractivity contribution in [2.45, 2.75) is 13.0 Å². The summed E-state index contributed by atoms with van der Waals surface area (Å²) in [4.78, 5) is 23.8. The fraction of sp³-hybridized carbons (Fsp3) is 0.167. The second kappa shape index (κ2) is 7.76. The van der Waals surface area contributed by atoms with Crippen molar-refractivity contribution in [1.82, 2.24) is 5.32 Å². The van der Waals surface area contributed by atoms with Crippen LogP contribution in [0.5, 0.6) is 0 Å². The minimum Gasteiger partial charge on any atom is -0.369 e. The van der Waals surface area contributed by atoms with Gasteiger partial charge in [0.15, 0.2) is 0 Å². The van der Waals surface area contributed by atoms with Gasteiger partial charge in [0, 0.05) is 6.54 Å². The van der Waals surface area contributed by atoms with Gasteiger partial charge in [-0.3, -0.25) is 9.59 Å². The van der Waals surface area contributed by atoms with Gasteiger partial charge in [0.05, 0.1) is 11.6 Å². The Morgan fingerprint density at radius 3 is 2.26 bits per heavy atom. The van der Waals surface area contributed by atoms with E-state index in [1.54, 1.807) is 24.3 Å². The molecule has 5 heteroatoms. The molecule has 116 valence electrons. The quantitative estimate of drug-likeness (QED) is 0.792. The highest BCUT2D eigenvalue weighted by molar-refractivity contribution is 5.99. The predicted molar refractivity (Wildman–Crippen MR) is 85.8 cm³/mol. The van der Waals surface area contributed by atoms with Crippen molar-refractivity contribution in [3.63, 3.8) is 0 Å². The molecule has 0 aliphatic carbocycles. The molecule has 0 heterocycles. The molecule has 23 heavy (non-hydrogen) atoms. The lowest BCUT2D eigenvalue weighted by Crippen LogP contribution is -2.39. The van der Waals surface area contributed by atoms with E-state index in [4.69, 9.17) is 11.0 Å². The van der Waals surface area contributed by atoms with Gasteiger partial charge >= 0.3 is 0 Å². The maximum Gasteiger partial charge on any atom is 0.233 e. The summed E-state index contributed by atoms with van der Waals surface area (Å²) in [5, 5.41) is 11.5. The highest BCUT2D eigenvalue weighted by Crippen LogP contribution is 2.11. The minimum absolute atomic E-state index is 0.210. The van der Waals surface area contributed by atoms with Gasteiger partial charge in [-0.2, -0.15) is 5.26 Å². The number of nitrogens with one attached hydrogen (secondary N) is 1. The number of hydrogen-bond donors (Lipinski definition) is 2. The van der Waals surface area contributed by atoms with Crippen molar-refractivity contribution in [2.24, 2.45) is 11.7 Å². The molecule has 2 aromatic carbocycles.